The van der Waals surface area contributed by atoms with Crippen LogP contribution in [0.15, 0.2) is 39.8 Å². The molecule has 23 heavy (non-hydrogen) atoms. The van der Waals surface area contributed by atoms with Crippen molar-refractivity contribution in [2.75, 3.05) is 20.3 Å². The molecule has 0 spiro atoms. The largest absolute Gasteiger partial charge is 0.468 e. The van der Waals surface area contributed by atoms with Crippen molar-refractivity contribution in [3.8, 4) is 0 Å². The maximum atomic E-state index is 13.8. The molecule has 2 rings (SSSR count). The lowest BCUT2D eigenvalue weighted by atomic mass is 10.3. The van der Waals surface area contributed by atoms with E-state index in [-0.39, 0.29) is 25.8 Å². The topological polar surface area (TPSA) is 59.8 Å². The van der Waals surface area contributed by atoms with Crippen LogP contribution in [0.4, 0.5) is 13.2 Å². The maximum absolute atomic E-state index is 13.8. The Kier molecular flexibility index (Phi) is 5.45. The molecule has 1 aromatic heterocycles. The third-order valence-corrected chi connectivity index (χ3v) is 4.91. The Morgan fingerprint density at radius 3 is 2.48 bits per heavy atom. The van der Waals surface area contributed by atoms with Gasteiger partial charge in [-0.1, -0.05) is 0 Å². The second-order valence-corrected chi connectivity index (χ2v) is 6.51. The first-order valence-corrected chi connectivity index (χ1v) is 7.96. The lowest BCUT2D eigenvalue weighted by Gasteiger charge is -2.21. The van der Waals surface area contributed by atoms with E-state index < -0.39 is 32.4 Å². The Morgan fingerprint density at radius 1 is 1.17 bits per heavy atom. The van der Waals surface area contributed by atoms with Crippen LogP contribution in [0, 0.1) is 17.5 Å². The van der Waals surface area contributed by atoms with Gasteiger partial charge in [0.2, 0.25) is 10.0 Å². The van der Waals surface area contributed by atoms with Crippen LogP contribution >= 0.6 is 0 Å². The molecule has 0 saturated heterocycles. The van der Waals surface area contributed by atoms with Gasteiger partial charge in [0.05, 0.1) is 19.4 Å². The Labute approximate surface area is 131 Å². The van der Waals surface area contributed by atoms with E-state index in [0.717, 1.165) is 4.31 Å². The molecule has 1 aromatic carbocycles. The standard InChI is InChI=1S/C14H14F3NO4S/c1-21-6-4-18(9-10-3-2-5-22-10)23(19,20)14-8-12(16)11(15)7-13(14)17/h2-3,5,7-8H,4,6,9H2,1H3. The quantitative estimate of drug-likeness (QED) is 0.721. The summed E-state index contributed by atoms with van der Waals surface area (Å²) < 4.78 is 76.0. The molecule has 5 nitrogen and oxygen atoms in total. The smallest absolute Gasteiger partial charge is 0.246 e. The predicted octanol–water partition coefficient (Wildman–Crippen LogP) is 2.53. The zero-order valence-electron chi connectivity index (χ0n) is 12.1. The van der Waals surface area contributed by atoms with Gasteiger partial charge in [-0.25, -0.2) is 21.6 Å². The van der Waals surface area contributed by atoms with Crippen LogP contribution < -0.4 is 0 Å². The molecule has 126 valence electrons. The number of rotatable bonds is 7. The van der Waals surface area contributed by atoms with Crippen molar-refractivity contribution in [3.05, 3.63) is 53.7 Å². The number of benzene rings is 1. The Bertz CT molecular complexity index is 763. The van der Waals surface area contributed by atoms with Crippen molar-refractivity contribution < 1.29 is 30.7 Å². The second-order valence-electron chi connectivity index (χ2n) is 4.61. The molecule has 2 aromatic rings. The van der Waals surface area contributed by atoms with Crippen molar-refractivity contribution in [1.29, 1.82) is 0 Å². The number of nitrogens with zero attached hydrogens (tertiary/aromatic N) is 1. The summed E-state index contributed by atoms with van der Waals surface area (Å²) in [5, 5.41) is 0. The molecule has 0 aliphatic carbocycles. The molecule has 0 saturated carbocycles. The number of methoxy groups -OCH3 is 1. The van der Waals surface area contributed by atoms with Crippen molar-refractivity contribution >= 4 is 10.0 Å². The average molecular weight is 349 g/mol. The minimum Gasteiger partial charge on any atom is -0.468 e. The average Bonchev–Trinajstić information content (AvgIpc) is 3.00. The zero-order chi connectivity index (χ0) is 17.0. The summed E-state index contributed by atoms with van der Waals surface area (Å²) in [5.41, 5.74) is 0. The number of hydrogen-bond acceptors (Lipinski definition) is 4. The molecule has 0 unspecified atom stereocenters. The highest BCUT2D eigenvalue weighted by molar-refractivity contribution is 7.89. The van der Waals surface area contributed by atoms with Gasteiger partial charge in [0.25, 0.3) is 0 Å². The third-order valence-electron chi connectivity index (χ3n) is 3.05. The molecule has 0 amide bonds. The van der Waals surface area contributed by atoms with Gasteiger partial charge in [-0.15, -0.1) is 0 Å². The summed E-state index contributed by atoms with van der Waals surface area (Å²) in [4.78, 5) is -0.945. The van der Waals surface area contributed by atoms with Gasteiger partial charge in [-0.05, 0) is 18.2 Å². The molecule has 0 bridgehead atoms. The third kappa shape index (κ3) is 3.92. The maximum Gasteiger partial charge on any atom is 0.246 e. The van der Waals surface area contributed by atoms with Crippen LogP contribution in [0.25, 0.3) is 0 Å². The fraction of sp³-hybridized carbons (Fsp3) is 0.286. The van der Waals surface area contributed by atoms with Crippen LogP contribution in [0.2, 0.25) is 0 Å². The highest BCUT2D eigenvalue weighted by Crippen LogP contribution is 2.23. The number of sulfonamides is 1. The van der Waals surface area contributed by atoms with E-state index in [0.29, 0.717) is 11.8 Å². The summed E-state index contributed by atoms with van der Waals surface area (Å²) in [6.07, 6.45) is 1.36. The van der Waals surface area contributed by atoms with Gasteiger partial charge in [0.15, 0.2) is 11.6 Å². The molecule has 0 radical (unpaired) electrons. The van der Waals surface area contributed by atoms with Gasteiger partial charge < -0.3 is 9.15 Å². The van der Waals surface area contributed by atoms with Crippen LogP contribution in [-0.2, 0) is 21.3 Å². The highest BCUT2D eigenvalue weighted by Gasteiger charge is 2.29. The van der Waals surface area contributed by atoms with Crippen molar-refractivity contribution in [3.63, 3.8) is 0 Å². The molecule has 0 atom stereocenters. The zero-order valence-corrected chi connectivity index (χ0v) is 12.9. The summed E-state index contributed by atoms with van der Waals surface area (Å²) >= 11 is 0. The Balaban J connectivity index is 2.41. The number of ether oxygens (including phenoxy) is 1. The fourth-order valence-corrected chi connectivity index (χ4v) is 3.34. The van der Waals surface area contributed by atoms with Gasteiger partial charge in [-0.3, -0.25) is 0 Å². The Hall–Kier alpha value is -1.84. The van der Waals surface area contributed by atoms with Crippen LogP contribution in [0.5, 0.6) is 0 Å². The van der Waals surface area contributed by atoms with E-state index in [1.54, 1.807) is 6.07 Å². The molecular weight excluding hydrogens is 335 g/mol. The monoisotopic (exact) mass is 349 g/mol. The summed E-state index contributed by atoms with van der Waals surface area (Å²) in [7, 11) is -3.04. The van der Waals surface area contributed by atoms with Gasteiger partial charge in [0, 0.05) is 19.7 Å². The van der Waals surface area contributed by atoms with Gasteiger partial charge >= 0.3 is 0 Å². The van der Waals surface area contributed by atoms with Crippen molar-refractivity contribution in [1.82, 2.24) is 4.31 Å². The normalized spacial score (nSPS) is 12.0. The van der Waals surface area contributed by atoms with E-state index in [1.165, 1.54) is 19.4 Å². The van der Waals surface area contributed by atoms with E-state index >= 15 is 0 Å². The minimum absolute atomic E-state index is 0.0330. The van der Waals surface area contributed by atoms with Gasteiger partial charge in [-0.2, -0.15) is 4.31 Å². The summed E-state index contributed by atoms with van der Waals surface area (Å²) in [5.74, 6) is -3.97. The van der Waals surface area contributed by atoms with E-state index in [1.807, 2.05) is 0 Å². The van der Waals surface area contributed by atoms with Crippen LogP contribution in [0.3, 0.4) is 0 Å². The molecule has 9 heteroatoms. The molecule has 0 aliphatic heterocycles. The van der Waals surface area contributed by atoms with Crippen LogP contribution in [0.1, 0.15) is 5.76 Å². The van der Waals surface area contributed by atoms with E-state index in [9.17, 15) is 21.6 Å². The van der Waals surface area contributed by atoms with Crippen LogP contribution in [-0.4, -0.2) is 33.0 Å². The first-order chi connectivity index (χ1) is 10.9. The summed E-state index contributed by atoms with van der Waals surface area (Å²) in [6.45, 7) is -0.277. The second kappa shape index (κ2) is 7.16. The molecule has 0 N–H and O–H groups in total. The molecule has 0 aliphatic rings. The Morgan fingerprint density at radius 2 is 1.87 bits per heavy atom. The van der Waals surface area contributed by atoms with E-state index in [4.69, 9.17) is 9.15 Å². The van der Waals surface area contributed by atoms with Crippen molar-refractivity contribution in [2.45, 2.75) is 11.4 Å². The van der Waals surface area contributed by atoms with E-state index in [2.05, 4.69) is 0 Å². The first kappa shape index (κ1) is 17.5. The predicted molar refractivity (Wildman–Crippen MR) is 74.5 cm³/mol. The number of furan rings is 1. The van der Waals surface area contributed by atoms with Crippen molar-refractivity contribution in [2.24, 2.45) is 0 Å². The number of halogens is 3. The molecular formula is C14H14F3NO4S. The SMILES string of the molecule is COCCN(Cc1ccco1)S(=O)(=O)c1cc(F)c(F)cc1F. The fourth-order valence-electron chi connectivity index (χ4n) is 1.89. The first-order valence-electron chi connectivity index (χ1n) is 6.52. The lowest BCUT2D eigenvalue weighted by molar-refractivity contribution is 0.175. The highest BCUT2D eigenvalue weighted by atomic mass is 32.2. The summed E-state index contributed by atoms with van der Waals surface area (Å²) in [6, 6.07) is 3.62. The lowest BCUT2D eigenvalue weighted by Crippen LogP contribution is -2.34. The molecule has 1 heterocycles. The minimum atomic E-state index is -4.41. The number of hydrogen-bond donors (Lipinski definition) is 0. The van der Waals surface area contributed by atoms with Gasteiger partial charge in [0.1, 0.15) is 16.5 Å². The molecule has 0 fully saturated rings.